The lowest BCUT2D eigenvalue weighted by Gasteiger charge is -2.23. The van der Waals surface area contributed by atoms with Gasteiger partial charge in [-0.05, 0) is 25.8 Å². The molecule has 1 fully saturated rings. The first-order valence-electron chi connectivity index (χ1n) is 4.80. The summed E-state index contributed by atoms with van der Waals surface area (Å²) in [5.41, 5.74) is 0. The van der Waals surface area contributed by atoms with E-state index in [1.165, 1.54) is 0 Å². The summed E-state index contributed by atoms with van der Waals surface area (Å²) < 4.78 is 0. The molecule has 76 valence electrons. The zero-order valence-electron chi connectivity index (χ0n) is 7.94. The minimum absolute atomic E-state index is 0.374. The molecule has 0 spiro atoms. The van der Waals surface area contributed by atoms with Crippen LogP contribution in [0.15, 0.2) is 0 Å². The number of rotatable bonds is 4. The summed E-state index contributed by atoms with van der Waals surface area (Å²) in [5.74, 6) is -0.763. The molecule has 1 aliphatic heterocycles. The lowest BCUT2D eigenvalue weighted by Crippen LogP contribution is -2.40. The zero-order valence-corrected chi connectivity index (χ0v) is 7.94. The first-order chi connectivity index (χ1) is 6.15. The Balaban J connectivity index is 2.44. The van der Waals surface area contributed by atoms with Gasteiger partial charge in [-0.25, -0.2) is 0 Å². The van der Waals surface area contributed by atoms with Gasteiger partial charge < -0.3 is 10.2 Å². The Labute approximate surface area is 78.2 Å². The van der Waals surface area contributed by atoms with Gasteiger partial charge in [0.15, 0.2) is 0 Å². The summed E-state index contributed by atoms with van der Waals surface area (Å²) in [5, 5.41) is 18.2. The van der Waals surface area contributed by atoms with Crippen molar-refractivity contribution in [2.45, 2.75) is 38.3 Å². The van der Waals surface area contributed by atoms with E-state index in [1.807, 2.05) is 11.8 Å². The third kappa shape index (κ3) is 2.67. The minimum Gasteiger partial charge on any atom is -0.480 e. The summed E-state index contributed by atoms with van der Waals surface area (Å²) in [4.78, 5) is 12.6. The molecular formula is C9H17NO3. The summed E-state index contributed by atoms with van der Waals surface area (Å²) in [6.07, 6.45) is 1.93. The number of aliphatic hydroxyl groups is 1. The third-order valence-electron chi connectivity index (χ3n) is 2.57. The molecule has 13 heavy (non-hydrogen) atoms. The second-order valence-corrected chi connectivity index (χ2v) is 3.55. The van der Waals surface area contributed by atoms with Crippen LogP contribution in [0.3, 0.4) is 0 Å². The molecule has 2 atom stereocenters. The topological polar surface area (TPSA) is 60.8 Å². The van der Waals surface area contributed by atoms with Crippen LogP contribution in [0.2, 0.25) is 0 Å². The molecule has 0 aromatic rings. The van der Waals surface area contributed by atoms with Gasteiger partial charge in [-0.1, -0.05) is 6.92 Å². The molecular weight excluding hydrogens is 170 g/mol. The Hall–Kier alpha value is -0.610. The van der Waals surface area contributed by atoms with Crippen molar-refractivity contribution in [3.05, 3.63) is 0 Å². The maximum Gasteiger partial charge on any atom is 0.320 e. The summed E-state index contributed by atoms with van der Waals surface area (Å²) in [6, 6.07) is -0.374. The highest BCUT2D eigenvalue weighted by Gasteiger charge is 2.30. The van der Waals surface area contributed by atoms with Crippen LogP contribution >= 0.6 is 0 Å². The van der Waals surface area contributed by atoms with E-state index in [0.29, 0.717) is 19.4 Å². The van der Waals surface area contributed by atoms with Crippen molar-refractivity contribution in [3.63, 3.8) is 0 Å². The summed E-state index contributed by atoms with van der Waals surface area (Å²) >= 11 is 0. The fraction of sp³-hybridized carbons (Fsp3) is 0.889. The number of aliphatic carboxylic acids is 1. The fourth-order valence-electron chi connectivity index (χ4n) is 1.72. The maximum absolute atomic E-state index is 10.8. The molecule has 1 heterocycles. The Kier molecular flexibility index (Phi) is 3.69. The van der Waals surface area contributed by atoms with Crippen LogP contribution in [0.1, 0.15) is 26.2 Å². The van der Waals surface area contributed by atoms with Gasteiger partial charge in [-0.2, -0.15) is 0 Å². The second-order valence-electron chi connectivity index (χ2n) is 3.55. The van der Waals surface area contributed by atoms with Gasteiger partial charge in [0, 0.05) is 6.54 Å². The van der Waals surface area contributed by atoms with Crippen molar-refractivity contribution in [1.29, 1.82) is 0 Å². The van der Waals surface area contributed by atoms with Gasteiger partial charge in [0.1, 0.15) is 6.04 Å². The van der Waals surface area contributed by atoms with Crippen molar-refractivity contribution in [3.8, 4) is 0 Å². The molecule has 1 aliphatic rings. The molecule has 0 bridgehead atoms. The smallest absolute Gasteiger partial charge is 0.320 e. The summed E-state index contributed by atoms with van der Waals surface area (Å²) in [7, 11) is 0. The van der Waals surface area contributed by atoms with Crippen molar-refractivity contribution in [2.75, 3.05) is 13.1 Å². The van der Waals surface area contributed by atoms with E-state index in [1.54, 1.807) is 0 Å². The molecule has 4 nitrogen and oxygen atoms in total. The number of β-amino-alcohol motifs (C(OH)–C–C–N with tert-alkyl or cyclic N) is 1. The van der Waals surface area contributed by atoms with Crippen LogP contribution in [0, 0.1) is 0 Å². The van der Waals surface area contributed by atoms with E-state index in [9.17, 15) is 9.90 Å². The van der Waals surface area contributed by atoms with E-state index < -0.39 is 5.97 Å². The van der Waals surface area contributed by atoms with E-state index in [2.05, 4.69) is 0 Å². The Morgan fingerprint density at radius 1 is 1.69 bits per heavy atom. The van der Waals surface area contributed by atoms with Gasteiger partial charge in [0.2, 0.25) is 0 Å². The fourth-order valence-corrected chi connectivity index (χ4v) is 1.72. The van der Waals surface area contributed by atoms with E-state index >= 15 is 0 Å². The molecule has 0 aromatic carbocycles. The van der Waals surface area contributed by atoms with Gasteiger partial charge in [0.25, 0.3) is 0 Å². The summed E-state index contributed by atoms with van der Waals surface area (Å²) in [6.45, 7) is 3.19. The van der Waals surface area contributed by atoms with Gasteiger partial charge in [-0.3, -0.25) is 9.69 Å². The average Bonchev–Trinajstić information content (AvgIpc) is 2.52. The van der Waals surface area contributed by atoms with Crippen molar-refractivity contribution in [1.82, 2.24) is 4.90 Å². The molecule has 0 amide bonds. The van der Waals surface area contributed by atoms with Gasteiger partial charge in [-0.15, -0.1) is 0 Å². The number of hydrogen-bond donors (Lipinski definition) is 2. The van der Waals surface area contributed by atoms with Crippen molar-refractivity contribution >= 4 is 5.97 Å². The third-order valence-corrected chi connectivity index (χ3v) is 2.57. The number of carboxylic acid groups (broad SMARTS) is 1. The molecule has 1 saturated heterocycles. The monoisotopic (exact) mass is 187 g/mol. The Bertz CT molecular complexity index is 184. The average molecular weight is 187 g/mol. The van der Waals surface area contributed by atoms with Crippen LogP contribution in [0.25, 0.3) is 0 Å². The Morgan fingerprint density at radius 3 is 2.92 bits per heavy atom. The number of carbonyl (C=O) groups is 1. The number of aliphatic hydroxyl groups excluding tert-OH is 1. The maximum atomic E-state index is 10.8. The number of likely N-dealkylation sites (tertiary alicyclic amines) is 1. The van der Waals surface area contributed by atoms with E-state index in [4.69, 9.17) is 5.11 Å². The van der Waals surface area contributed by atoms with E-state index in [-0.39, 0.29) is 12.1 Å². The first kappa shape index (κ1) is 10.5. The van der Waals surface area contributed by atoms with Crippen LogP contribution in [0.5, 0.6) is 0 Å². The van der Waals surface area contributed by atoms with Gasteiger partial charge in [0.05, 0.1) is 6.10 Å². The first-order valence-corrected chi connectivity index (χ1v) is 4.80. The number of nitrogens with zero attached hydrogens (tertiary/aromatic N) is 1. The molecule has 2 N–H and O–H groups in total. The molecule has 0 radical (unpaired) electrons. The van der Waals surface area contributed by atoms with Crippen molar-refractivity contribution < 1.29 is 15.0 Å². The molecule has 4 heteroatoms. The Morgan fingerprint density at radius 2 is 2.38 bits per heavy atom. The lowest BCUT2D eigenvalue weighted by atomic mass is 10.2. The highest BCUT2D eigenvalue weighted by Crippen LogP contribution is 2.17. The second kappa shape index (κ2) is 4.58. The normalized spacial score (nSPS) is 26.2. The molecule has 2 unspecified atom stereocenters. The standard InChI is InChI=1S/C9H17NO3/c1-2-7(11)6-10-5-3-4-8(10)9(12)13/h7-8,11H,2-6H2,1H3,(H,12,13). The van der Waals surface area contributed by atoms with Crippen LogP contribution in [-0.2, 0) is 4.79 Å². The van der Waals surface area contributed by atoms with Crippen LogP contribution < -0.4 is 0 Å². The molecule has 0 saturated carbocycles. The predicted molar refractivity (Wildman–Crippen MR) is 48.5 cm³/mol. The zero-order chi connectivity index (χ0) is 9.84. The number of carboxylic acids is 1. The predicted octanol–water partition coefficient (Wildman–Crippen LogP) is 0.306. The van der Waals surface area contributed by atoms with E-state index in [0.717, 1.165) is 13.0 Å². The largest absolute Gasteiger partial charge is 0.480 e. The lowest BCUT2D eigenvalue weighted by molar-refractivity contribution is -0.142. The van der Waals surface area contributed by atoms with Crippen molar-refractivity contribution in [2.24, 2.45) is 0 Å². The van der Waals surface area contributed by atoms with Gasteiger partial charge >= 0.3 is 5.97 Å². The number of hydrogen-bond acceptors (Lipinski definition) is 3. The SMILES string of the molecule is CCC(O)CN1CCCC1C(=O)O. The highest BCUT2D eigenvalue weighted by atomic mass is 16.4. The van der Waals surface area contributed by atoms with Crippen LogP contribution in [-0.4, -0.2) is 46.3 Å². The highest BCUT2D eigenvalue weighted by molar-refractivity contribution is 5.73. The molecule has 1 rings (SSSR count). The van der Waals surface area contributed by atoms with Crippen LogP contribution in [0.4, 0.5) is 0 Å². The minimum atomic E-state index is -0.763. The quantitative estimate of drug-likeness (QED) is 0.665. The molecule has 0 aromatic heterocycles. The molecule has 0 aliphatic carbocycles.